The number of hydrogen-bond acceptors (Lipinski definition) is 3. The molecule has 2 aromatic carbocycles. The van der Waals surface area contributed by atoms with Crippen LogP contribution >= 0.6 is 12.2 Å². The Morgan fingerprint density at radius 2 is 1.58 bits per heavy atom. The molecular formula is C28H42N2O2S. The van der Waals surface area contributed by atoms with Crippen molar-refractivity contribution < 1.29 is 9.47 Å². The predicted molar refractivity (Wildman–Crippen MR) is 145 cm³/mol. The summed E-state index contributed by atoms with van der Waals surface area (Å²) in [6, 6.07) is 14.5. The zero-order chi connectivity index (χ0) is 24.5. The second-order valence-electron chi connectivity index (χ2n) is 9.85. The Morgan fingerprint density at radius 1 is 0.909 bits per heavy atom. The molecule has 0 aliphatic carbocycles. The zero-order valence-electron chi connectivity index (χ0n) is 21.5. The van der Waals surface area contributed by atoms with Crippen LogP contribution in [0.3, 0.4) is 0 Å². The Hall–Kier alpha value is -2.27. The van der Waals surface area contributed by atoms with Crippen molar-refractivity contribution in [1.29, 1.82) is 0 Å². The van der Waals surface area contributed by atoms with Crippen molar-refractivity contribution in [3.05, 3.63) is 53.6 Å². The average Bonchev–Trinajstić information content (AvgIpc) is 2.81. The molecule has 5 heteroatoms. The van der Waals surface area contributed by atoms with Crippen LogP contribution in [0.1, 0.15) is 78.4 Å². The summed E-state index contributed by atoms with van der Waals surface area (Å²) in [4.78, 5) is 0. The van der Waals surface area contributed by atoms with Gasteiger partial charge in [-0.05, 0) is 84.6 Å². The number of thiocarbonyl (C=S) groups is 1. The first-order chi connectivity index (χ1) is 15.6. The van der Waals surface area contributed by atoms with Gasteiger partial charge in [0.05, 0.1) is 13.7 Å². The van der Waals surface area contributed by atoms with Gasteiger partial charge in [0.1, 0.15) is 11.5 Å². The Bertz CT molecular complexity index is 891. The Morgan fingerprint density at radius 3 is 2.18 bits per heavy atom. The monoisotopic (exact) mass is 470 g/mol. The van der Waals surface area contributed by atoms with E-state index in [-0.39, 0.29) is 10.8 Å². The van der Waals surface area contributed by atoms with Gasteiger partial charge in [-0.25, -0.2) is 0 Å². The molecule has 0 heterocycles. The molecule has 33 heavy (non-hydrogen) atoms. The maximum Gasteiger partial charge on any atom is 0.170 e. The number of nitrogens with one attached hydrogen (secondary N) is 2. The normalized spacial score (nSPS) is 11.7. The summed E-state index contributed by atoms with van der Waals surface area (Å²) in [6.45, 7) is 15.2. The van der Waals surface area contributed by atoms with Crippen LogP contribution in [0.2, 0.25) is 0 Å². The molecular weight excluding hydrogens is 428 g/mol. The summed E-state index contributed by atoms with van der Waals surface area (Å²) in [5.74, 6) is 1.84. The zero-order valence-corrected chi connectivity index (χ0v) is 22.3. The molecule has 0 atom stereocenters. The lowest BCUT2D eigenvalue weighted by atomic mass is 9.76. The first-order valence-electron chi connectivity index (χ1n) is 12.1. The minimum absolute atomic E-state index is 0.0794. The van der Waals surface area contributed by atoms with Crippen LogP contribution in [0.4, 0.5) is 5.69 Å². The smallest absolute Gasteiger partial charge is 0.170 e. The highest BCUT2D eigenvalue weighted by Gasteiger charge is 2.26. The minimum Gasteiger partial charge on any atom is -0.497 e. The lowest BCUT2D eigenvalue weighted by Crippen LogP contribution is -2.29. The molecule has 0 bridgehead atoms. The van der Waals surface area contributed by atoms with E-state index < -0.39 is 0 Å². The second-order valence-corrected chi connectivity index (χ2v) is 10.3. The van der Waals surface area contributed by atoms with Gasteiger partial charge in [-0.15, -0.1) is 0 Å². The van der Waals surface area contributed by atoms with E-state index >= 15 is 0 Å². The van der Waals surface area contributed by atoms with Crippen LogP contribution in [-0.2, 0) is 10.8 Å². The fraction of sp³-hybridized carbons (Fsp3) is 0.536. The molecule has 4 nitrogen and oxygen atoms in total. The van der Waals surface area contributed by atoms with Gasteiger partial charge in [-0.3, -0.25) is 0 Å². The number of benzene rings is 2. The van der Waals surface area contributed by atoms with Gasteiger partial charge in [0, 0.05) is 17.8 Å². The van der Waals surface area contributed by atoms with E-state index in [0.29, 0.717) is 11.7 Å². The second kappa shape index (κ2) is 12.3. The van der Waals surface area contributed by atoms with Crippen LogP contribution in [0, 0.1) is 0 Å². The number of rotatable bonds is 12. The number of ether oxygens (including phenoxy) is 2. The SMILES string of the molecule is CCC(C)(C)c1ccc(OCCCCNC(=S)Nc2ccc(OC)cc2)c(C(C)(C)CC)c1. The molecule has 2 aromatic rings. The van der Waals surface area contributed by atoms with E-state index in [1.54, 1.807) is 7.11 Å². The molecule has 0 aromatic heterocycles. The molecule has 0 saturated carbocycles. The topological polar surface area (TPSA) is 42.5 Å². The Balaban J connectivity index is 1.84. The lowest BCUT2D eigenvalue weighted by Gasteiger charge is -2.30. The Labute approximate surface area is 206 Å². The quantitative estimate of drug-likeness (QED) is 0.253. The highest BCUT2D eigenvalue weighted by atomic mass is 32.1. The molecule has 182 valence electrons. The highest BCUT2D eigenvalue weighted by Crippen LogP contribution is 2.38. The van der Waals surface area contributed by atoms with E-state index in [1.165, 1.54) is 11.1 Å². The molecule has 2 N–H and O–H groups in total. The van der Waals surface area contributed by atoms with E-state index in [4.69, 9.17) is 21.7 Å². The van der Waals surface area contributed by atoms with E-state index in [1.807, 2.05) is 24.3 Å². The van der Waals surface area contributed by atoms with Crippen molar-refractivity contribution in [2.75, 3.05) is 25.6 Å². The first kappa shape index (κ1) is 27.0. The van der Waals surface area contributed by atoms with Crippen LogP contribution in [0.25, 0.3) is 0 Å². The third-order valence-electron chi connectivity index (χ3n) is 6.72. The van der Waals surface area contributed by atoms with Crippen molar-refractivity contribution >= 4 is 23.0 Å². The summed E-state index contributed by atoms with van der Waals surface area (Å²) in [7, 11) is 1.66. The number of anilines is 1. The van der Waals surface area contributed by atoms with Crippen LogP contribution in [0.5, 0.6) is 11.5 Å². The predicted octanol–water partition coefficient (Wildman–Crippen LogP) is 7.22. The maximum atomic E-state index is 6.26. The summed E-state index contributed by atoms with van der Waals surface area (Å²) in [5, 5.41) is 7.09. The highest BCUT2D eigenvalue weighted by molar-refractivity contribution is 7.80. The van der Waals surface area contributed by atoms with Crippen molar-refractivity contribution in [2.24, 2.45) is 0 Å². The largest absolute Gasteiger partial charge is 0.497 e. The summed E-state index contributed by atoms with van der Waals surface area (Å²) >= 11 is 5.39. The molecule has 0 unspecified atom stereocenters. The number of hydrogen-bond donors (Lipinski definition) is 2. The molecule has 2 rings (SSSR count). The van der Waals surface area contributed by atoms with Crippen LogP contribution in [0.15, 0.2) is 42.5 Å². The van der Waals surface area contributed by atoms with Gasteiger partial charge in [0.25, 0.3) is 0 Å². The maximum absolute atomic E-state index is 6.26. The number of methoxy groups -OCH3 is 1. The lowest BCUT2D eigenvalue weighted by molar-refractivity contribution is 0.296. The summed E-state index contributed by atoms with van der Waals surface area (Å²) < 4.78 is 11.4. The molecule has 0 radical (unpaired) electrons. The average molecular weight is 471 g/mol. The standard InChI is InChI=1S/C28H42N2O2S/c1-8-27(3,4)21-12-17-25(24(20-21)28(5,6)9-2)32-19-11-10-18-29-26(33)30-22-13-15-23(31-7)16-14-22/h12-17,20H,8-11,18-19H2,1-7H3,(H2,29,30,33). The fourth-order valence-corrected chi connectivity index (χ4v) is 3.68. The van der Waals surface area contributed by atoms with E-state index in [9.17, 15) is 0 Å². The summed E-state index contributed by atoms with van der Waals surface area (Å²) in [6.07, 6.45) is 4.13. The fourth-order valence-electron chi connectivity index (χ4n) is 3.46. The molecule has 0 spiro atoms. The third kappa shape index (κ3) is 7.92. The van der Waals surface area contributed by atoms with Gasteiger partial charge >= 0.3 is 0 Å². The molecule has 0 saturated heterocycles. The minimum atomic E-state index is 0.0794. The van der Waals surface area contributed by atoms with Crippen molar-refractivity contribution in [3.8, 4) is 11.5 Å². The molecule has 0 fully saturated rings. The van der Waals surface area contributed by atoms with Gasteiger partial charge in [-0.2, -0.15) is 0 Å². The number of unbranched alkanes of at least 4 members (excludes halogenated alkanes) is 1. The summed E-state index contributed by atoms with van der Waals surface area (Å²) in [5.41, 5.74) is 3.89. The van der Waals surface area contributed by atoms with Crippen LogP contribution < -0.4 is 20.1 Å². The van der Waals surface area contributed by atoms with Gasteiger partial charge in [0.2, 0.25) is 0 Å². The van der Waals surface area contributed by atoms with Gasteiger partial charge in [-0.1, -0.05) is 53.7 Å². The first-order valence-corrected chi connectivity index (χ1v) is 12.5. The molecule has 0 aliphatic rings. The van der Waals surface area contributed by atoms with Crippen LogP contribution in [-0.4, -0.2) is 25.4 Å². The molecule has 0 aliphatic heterocycles. The van der Waals surface area contributed by atoms with E-state index in [0.717, 1.165) is 49.4 Å². The van der Waals surface area contributed by atoms with Crippen molar-refractivity contribution in [3.63, 3.8) is 0 Å². The molecule has 0 amide bonds. The van der Waals surface area contributed by atoms with Crippen molar-refractivity contribution in [2.45, 2.75) is 78.1 Å². The Kier molecular flexibility index (Phi) is 10.0. The van der Waals surface area contributed by atoms with Gasteiger partial charge < -0.3 is 20.1 Å². The van der Waals surface area contributed by atoms with Crippen molar-refractivity contribution in [1.82, 2.24) is 5.32 Å². The third-order valence-corrected chi connectivity index (χ3v) is 6.97. The van der Waals surface area contributed by atoms with Gasteiger partial charge in [0.15, 0.2) is 5.11 Å². The van der Waals surface area contributed by atoms with E-state index in [2.05, 4.69) is 70.4 Å².